The monoisotopic (exact) mass is 366 g/mol. The number of anilines is 1. The lowest BCUT2D eigenvalue weighted by atomic mass is 9.92. The summed E-state index contributed by atoms with van der Waals surface area (Å²) in [4.78, 5) is -0.232. The Morgan fingerprint density at radius 2 is 1.54 bits per heavy atom. The van der Waals surface area contributed by atoms with Crippen LogP contribution in [0.15, 0.2) is 53.4 Å². The van der Waals surface area contributed by atoms with Crippen molar-refractivity contribution >= 4 is 25.7 Å². The van der Waals surface area contributed by atoms with Gasteiger partial charge in [-0.1, -0.05) is 36.4 Å². The van der Waals surface area contributed by atoms with Crippen LogP contribution < -0.4 is 9.86 Å². The van der Waals surface area contributed by atoms with Gasteiger partial charge in [-0.2, -0.15) is 0 Å². The number of rotatable bonds is 4. The number of aryl methyl sites for hydroxylation is 1. The van der Waals surface area contributed by atoms with Crippen molar-refractivity contribution < 1.29 is 16.8 Å². The Kier molecular flexibility index (Phi) is 4.37. The van der Waals surface area contributed by atoms with E-state index in [-0.39, 0.29) is 10.6 Å². The molecule has 24 heavy (non-hydrogen) atoms. The Labute approximate surface area is 141 Å². The fraction of sp³-hybridized carbons (Fsp3) is 0.250. The molecule has 6 nitrogen and oxygen atoms in total. The number of nitrogens with two attached hydrogens (primary N) is 1. The van der Waals surface area contributed by atoms with Crippen molar-refractivity contribution in [1.29, 1.82) is 0 Å². The molecule has 1 aliphatic rings. The van der Waals surface area contributed by atoms with Gasteiger partial charge in [0, 0.05) is 0 Å². The van der Waals surface area contributed by atoms with Crippen LogP contribution in [0.25, 0.3) is 0 Å². The van der Waals surface area contributed by atoms with Crippen molar-refractivity contribution in [2.75, 3.05) is 4.72 Å². The first-order chi connectivity index (χ1) is 11.3. The number of hydrogen-bond acceptors (Lipinski definition) is 4. The highest BCUT2D eigenvalue weighted by atomic mass is 32.2. The van der Waals surface area contributed by atoms with E-state index in [1.807, 2.05) is 24.3 Å². The molecule has 0 saturated carbocycles. The minimum Gasteiger partial charge on any atom is -0.282 e. The third-order valence-electron chi connectivity index (χ3n) is 4.19. The summed E-state index contributed by atoms with van der Waals surface area (Å²) >= 11 is 0. The lowest BCUT2D eigenvalue weighted by Crippen LogP contribution is -2.33. The number of hydrogen-bond donors (Lipinski definition) is 2. The Balaban J connectivity index is 1.89. The second kappa shape index (κ2) is 6.19. The standard InChI is InChI=1S/C16H18N2O4S2/c17-23(19,20)16-8-4-3-7-15(16)18-24(21,22)14-10-9-12-5-1-2-6-13(12)11-14/h1-8,14,18H,9-11H2,(H2,17,19,20). The van der Waals surface area contributed by atoms with E-state index in [0.29, 0.717) is 19.3 Å². The van der Waals surface area contributed by atoms with E-state index >= 15 is 0 Å². The van der Waals surface area contributed by atoms with Gasteiger partial charge in [-0.25, -0.2) is 22.0 Å². The highest BCUT2D eigenvalue weighted by molar-refractivity contribution is 7.93. The molecule has 2 aromatic rings. The molecule has 0 radical (unpaired) electrons. The van der Waals surface area contributed by atoms with Crippen molar-refractivity contribution in [1.82, 2.24) is 0 Å². The van der Waals surface area contributed by atoms with Crippen molar-refractivity contribution in [3.05, 3.63) is 59.7 Å². The van der Waals surface area contributed by atoms with Crippen LogP contribution in [0.3, 0.4) is 0 Å². The van der Waals surface area contributed by atoms with Gasteiger partial charge >= 0.3 is 0 Å². The average Bonchev–Trinajstić information content (AvgIpc) is 2.53. The number of nitrogens with one attached hydrogen (secondary N) is 1. The molecule has 0 spiro atoms. The second-order valence-corrected chi connectivity index (χ2v) is 9.31. The van der Waals surface area contributed by atoms with Crippen LogP contribution in [0.2, 0.25) is 0 Å². The minimum absolute atomic E-state index is 0.0149. The number of benzene rings is 2. The van der Waals surface area contributed by atoms with E-state index in [4.69, 9.17) is 5.14 Å². The molecule has 3 N–H and O–H groups in total. The van der Waals surface area contributed by atoms with Gasteiger partial charge in [-0.15, -0.1) is 0 Å². The van der Waals surface area contributed by atoms with Gasteiger partial charge < -0.3 is 0 Å². The number of primary sulfonamides is 1. The molecule has 3 rings (SSSR count). The van der Waals surface area contributed by atoms with Gasteiger partial charge in [0.25, 0.3) is 0 Å². The van der Waals surface area contributed by atoms with Crippen molar-refractivity contribution in [3.63, 3.8) is 0 Å². The molecule has 1 atom stereocenters. The Bertz CT molecular complexity index is 969. The Morgan fingerprint density at radius 3 is 2.25 bits per heavy atom. The van der Waals surface area contributed by atoms with E-state index in [1.165, 1.54) is 18.2 Å². The normalized spacial score (nSPS) is 18.0. The van der Waals surface area contributed by atoms with Crippen molar-refractivity contribution in [2.45, 2.75) is 29.4 Å². The number of sulfonamides is 2. The predicted molar refractivity (Wildman–Crippen MR) is 92.6 cm³/mol. The topological polar surface area (TPSA) is 106 Å². The first kappa shape index (κ1) is 16.9. The molecule has 1 unspecified atom stereocenters. The summed E-state index contributed by atoms with van der Waals surface area (Å²) in [7, 11) is -7.74. The van der Waals surface area contributed by atoms with Crippen LogP contribution in [0.1, 0.15) is 17.5 Å². The summed E-state index contributed by atoms with van der Waals surface area (Å²) in [5.41, 5.74) is 2.16. The highest BCUT2D eigenvalue weighted by Gasteiger charge is 2.30. The molecule has 2 aromatic carbocycles. The maximum absolute atomic E-state index is 12.7. The summed E-state index contributed by atoms with van der Waals surface area (Å²) in [6, 6.07) is 13.5. The molecule has 0 aromatic heterocycles. The summed E-state index contributed by atoms with van der Waals surface area (Å²) in [5, 5.41) is 4.55. The largest absolute Gasteiger partial charge is 0.282 e. The lowest BCUT2D eigenvalue weighted by molar-refractivity contribution is 0.566. The molecule has 8 heteroatoms. The van der Waals surface area contributed by atoms with Gasteiger partial charge in [-0.3, -0.25) is 4.72 Å². The first-order valence-corrected chi connectivity index (χ1v) is 10.6. The fourth-order valence-electron chi connectivity index (χ4n) is 2.96. The quantitative estimate of drug-likeness (QED) is 0.858. The molecule has 0 amide bonds. The summed E-state index contributed by atoms with van der Waals surface area (Å²) in [6.45, 7) is 0. The zero-order valence-electron chi connectivity index (χ0n) is 12.8. The fourth-order valence-corrected chi connectivity index (χ4v) is 5.20. The molecule has 0 fully saturated rings. The Hall–Kier alpha value is -1.90. The Morgan fingerprint density at radius 1 is 0.917 bits per heavy atom. The van der Waals surface area contributed by atoms with Crippen LogP contribution in [0, 0.1) is 0 Å². The molecule has 1 aliphatic carbocycles. The van der Waals surface area contributed by atoms with Crippen molar-refractivity contribution in [2.24, 2.45) is 5.14 Å². The zero-order chi connectivity index (χ0) is 17.4. The highest BCUT2D eigenvalue weighted by Crippen LogP contribution is 2.28. The SMILES string of the molecule is NS(=O)(=O)c1ccccc1NS(=O)(=O)C1CCc2ccccc2C1. The number of fused-ring (bicyclic) bond motifs is 1. The van der Waals surface area contributed by atoms with Gasteiger partial charge in [0.2, 0.25) is 20.0 Å². The summed E-state index contributed by atoms with van der Waals surface area (Å²) in [5.74, 6) is 0. The smallest absolute Gasteiger partial charge is 0.240 e. The molecule has 0 saturated heterocycles. The van der Waals surface area contributed by atoms with Crippen LogP contribution in [-0.2, 0) is 32.9 Å². The third kappa shape index (κ3) is 3.45. The third-order valence-corrected chi connectivity index (χ3v) is 6.94. The predicted octanol–water partition coefficient (Wildman–Crippen LogP) is 1.63. The van der Waals surface area contributed by atoms with Crippen LogP contribution in [-0.4, -0.2) is 22.1 Å². The summed E-state index contributed by atoms with van der Waals surface area (Å²) in [6.07, 6.45) is 1.57. The zero-order valence-corrected chi connectivity index (χ0v) is 14.5. The maximum atomic E-state index is 12.7. The van der Waals surface area contributed by atoms with Gasteiger partial charge in [0.1, 0.15) is 4.90 Å². The molecular weight excluding hydrogens is 348 g/mol. The van der Waals surface area contributed by atoms with E-state index in [0.717, 1.165) is 11.1 Å². The van der Waals surface area contributed by atoms with E-state index in [2.05, 4.69) is 4.72 Å². The van der Waals surface area contributed by atoms with Crippen molar-refractivity contribution in [3.8, 4) is 0 Å². The van der Waals surface area contributed by atoms with Gasteiger partial charge in [-0.05, 0) is 42.5 Å². The minimum atomic E-state index is -4.01. The lowest BCUT2D eigenvalue weighted by Gasteiger charge is -2.25. The molecular formula is C16H18N2O4S2. The van der Waals surface area contributed by atoms with Crippen LogP contribution in [0.4, 0.5) is 5.69 Å². The average molecular weight is 366 g/mol. The second-order valence-electron chi connectivity index (χ2n) is 5.82. The molecule has 0 aliphatic heterocycles. The molecule has 0 heterocycles. The number of para-hydroxylation sites is 1. The molecule has 128 valence electrons. The van der Waals surface area contributed by atoms with Crippen LogP contribution >= 0.6 is 0 Å². The summed E-state index contributed by atoms with van der Waals surface area (Å²) < 4.78 is 51.0. The van der Waals surface area contributed by atoms with E-state index in [1.54, 1.807) is 6.07 Å². The van der Waals surface area contributed by atoms with E-state index < -0.39 is 25.3 Å². The van der Waals surface area contributed by atoms with Gasteiger partial charge in [0.05, 0.1) is 10.9 Å². The van der Waals surface area contributed by atoms with E-state index in [9.17, 15) is 16.8 Å². The van der Waals surface area contributed by atoms with Crippen LogP contribution in [0.5, 0.6) is 0 Å². The van der Waals surface area contributed by atoms with Gasteiger partial charge in [0.15, 0.2) is 0 Å². The first-order valence-electron chi connectivity index (χ1n) is 7.47. The maximum Gasteiger partial charge on any atom is 0.240 e. The molecule has 0 bridgehead atoms.